The van der Waals surface area contributed by atoms with Crippen LogP contribution in [0.4, 0.5) is 4.39 Å². The van der Waals surface area contributed by atoms with E-state index in [-0.39, 0.29) is 17.3 Å². The molecule has 2 aliphatic heterocycles. The first-order chi connectivity index (χ1) is 12.8. The lowest BCUT2D eigenvalue weighted by molar-refractivity contribution is -0.142. The number of carbonyl (C=O) groups excluding carboxylic acids is 1. The maximum Gasteiger partial charge on any atom is 0.243 e. The zero-order chi connectivity index (χ0) is 19.6. The first-order valence-electron chi connectivity index (χ1n) is 9.12. The molecular formula is C18H26FN3O4S. The number of benzene rings is 1. The van der Waals surface area contributed by atoms with Gasteiger partial charge >= 0.3 is 0 Å². The van der Waals surface area contributed by atoms with Gasteiger partial charge in [0.25, 0.3) is 0 Å². The molecular weight excluding hydrogens is 373 g/mol. The molecule has 1 aromatic carbocycles. The van der Waals surface area contributed by atoms with Gasteiger partial charge in [-0.25, -0.2) is 12.8 Å². The highest BCUT2D eigenvalue weighted by molar-refractivity contribution is 7.89. The summed E-state index contributed by atoms with van der Waals surface area (Å²) in [6, 6.07) is 3.43. The van der Waals surface area contributed by atoms with Crippen molar-refractivity contribution in [1.29, 1.82) is 0 Å². The van der Waals surface area contributed by atoms with Crippen LogP contribution in [-0.2, 0) is 19.6 Å². The topological polar surface area (TPSA) is 70.2 Å². The molecule has 7 nitrogen and oxygen atoms in total. The Kier molecular flexibility index (Phi) is 6.15. The van der Waals surface area contributed by atoms with E-state index in [4.69, 9.17) is 4.74 Å². The van der Waals surface area contributed by atoms with E-state index >= 15 is 0 Å². The Labute approximate surface area is 159 Å². The molecule has 0 spiro atoms. The molecule has 1 atom stereocenters. The van der Waals surface area contributed by atoms with E-state index in [1.54, 1.807) is 18.9 Å². The van der Waals surface area contributed by atoms with Crippen molar-refractivity contribution in [3.63, 3.8) is 0 Å². The van der Waals surface area contributed by atoms with E-state index in [1.165, 1.54) is 16.4 Å². The molecule has 0 bridgehead atoms. The van der Waals surface area contributed by atoms with Crippen molar-refractivity contribution < 1.29 is 22.3 Å². The minimum atomic E-state index is -3.86. The predicted octanol–water partition coefficient (Wildman–Crippen LogP) is 0.688. The fourth-order valence-corrected chi connectivity index (χ4v) is 5.10. The second kappa shape index (κ2) is 8.22. The quantitative estimate of drug-likeness (QED) is 0.729. The maximum absolute atomic E-state index is 13.9. The van der Waals surface area contributed by atoms with Gasteiger partial charge in [0.1, 0.15) is 11.9 Å². The Morgan fingerprint density at radius 1 is 1.22 bits per heavy atom. The molecule has 0 saturated carbocycles. The van der Waals surface area contributed by atoms with Gasteiger partial charge in [-0.3, -0.25) is 9.69 Å². The van der Waals surface area contributed by atoms with Gasteiger partial charge in [-0.2, -0.15) is 4.31 Å². The van der Waals surface area contributed by atoms with Crippen LogP contribution in [0, 0.1) is 12.7 Å². The third-order valence-electron chi connectivity index (χ3n) is 5.27. The average molecular weight is 399 g/mol. The first kappa shape index (κ1) is 20.2. The molecule has 2 aliphatic rings. The minimum absolute atomic E-state index is 0.0708. The summed E-state index contributed by atoms with van der Waals surface area (Å²) < 4.78 is 46.3. The molecule has 9 heteroatoms. The van der Waals surface area contributed by atoms with Gasteiger partial charge in [0.15, 0.2) is 0 Å². The Bertz CT molecular complexity index is 802. The van der Waals surface area contributed by atoms with Crippen LogP contribution in [0.5, 0.6) is 0 Å². The highest BCUT2D eigenvalue weighted by Gasteiger charge is 2.40. The summed E-state index contributed by atoms with van der Waals surface area (Å²) in [5.41, 5.74) is 0.396. The van der Waals surface area contributed by atoms with E-state index in [0.717, 1.165) is 6.07 Å². The Balaban J connectivity index is 1.82. The van der Waals surface area contributed by atoms with E-state index in [2.05, 4.69) is 4.90 Å². The predicted molar refractivity (Wildman–Crippen MR) is 98.3 cm³/mol. The molecule has 0 radical (unpaired) electrons. The van der Waals surface area contributed by atoms with E-state index < -0.39 is 21.9 Å². The monoisotopic (exact) mass is 399 g/mol. The number of hydrogen-bond donors (Lipinski definition) is 0. The van der Waals surface area contributed by atoms with Gasteiger partial charge in [0, 0.05) is 46.4 Å². The summed E-state index contributed by atoms with van der Waals surface area (Å²) in [5.74, 6) is -0.623. The van der Waals surface area contributed by atoms with Gasteiger partial charge in [-0.15, -0.1) is 0 Å². The van der Waals surface area contributed by atoms with Crippen LogP contribution in [0.25, 0.3) is 0 Å². The highest BCUT2D eigenvalue weighted by atomic mass is 32.2. The van der Waals surface area contributed by atoms with E-state index in [0.29, 0.717) is 51.3 Å². The van der Waals surface area contributed by atoms with Crippen LogP contribution in [0.1, 0.15) is 12.0 Å². The molecule has 2 saturated heterocycles. The van der Waals surface area contributed by atoms with Crippen LogP contribution < -0.4 is 0 Å². The number of rotatable bonds is 5. The lowest BCUT2D eigenvalue weighted by Gasteiger charge is -2.40. The number of nitrogens with zero attached hydrogens (tertiary/aromatic N) is 3. The first-order valence-corrected chi connectivity index (χ1v) is 10.6. The SMILES string of the molecule is COCCN1CCN2CCCN(S(=O)(=O)c3ccc(C)c(F)c3)CC2C1=O. The lowest BCUT2D eigenvalue weighted by Crippen LogP contribution is -2.60. The number of halogens is 1. The number of hydrogen-bond acceptors (Lipinski definition) is 5. The summed E-state index contributed by atoms with van der Waals surface area (Å²) in [6.45, 7) is 4.93. The second-order valence-electron chi connectivity index (χ2n) is 7.00. The number of piperazine rings is 1. The summed E-state index contributed by atoms with van der Waals surface area (Å²) in [7, 11) is -2.28. The molecule has 1 amide bonds. The van der Waals surface area contributed by atoms with Crippen molar-refractivity contribution in [2.24, 2.45) is 0 Å². The van der Waals surface area contributed by atoms with Gasteiger partial charge in [-0.05, 0) is 31.0 Å². The van der Waals surface area contributed by atoms with Gasteiger partial charge in [-0.1, -0.05) is 6.07 Å². The van der Waals surface area contributed by atoms with Crippen LogP contribution in [0.15, 0.2) is 23.1 Å². The molecule has 0 aliphatic carbocycles. The van der Waals surface area contributed by atoms with Crippen LogP contribution >= 0.6 is 0 Å². The molecule has 1 aromatic rings. The van der Waals surface area contributed by atoms with E-state index in [1.807, 2.05) is 0 Å². The molecule has 2 fully saturated rings. The number of amides is 1. The Morgan fingerprint density at radius 3 is 2.70 bits per heavy atom. The van der Waals surface area contributed by atoms with Crippen molar-refractivity contribution >= 4 is 15.9 Å². The molecule has 0 N–H and O–H groups in total. The van der Waals surface area contributed by atoms with Crippen LogP contribution in [0.3, 0.4) is 0 Å². The van der Waals surface area contributed by atoms with Crippen molar-refractivity contribution in [2.45, 2.75) is 24.3 Å². The minimum Gasteiger partial charge on any atom is -0.383 e. The van der Waals surface area contributed by atoms with Crippen molar-refractivity contribution in [3.05, 3.63) is 29.6 Å². The van der Waals surface area contributed by atoms with E-state index in [9.17, 15) is 17.6 Å². The molecule has 150 valence electrons. The molecule has 3 rings (SSSR count). The standard InChI is InChI=1S/C18H26FN3O4S/c1-14-4-5-15(12-16(14)19)27(24,25)22-7-3-6-20-8-9-21(10-11-26-2)18(23)17(20)13-22/h4-5,12,17H,3,6-11,13H2,1-2H3. The molecule has 27 heavy (non-hydrogen) atoms. The second-order valence-corrected chi connectivity index (χ2v) is 8.94. The Morgan fingerprint density at radius 2 is 2.00 bits per heavy atom. The van der Waals surface area contributed by atoms with Crippen molar-refractivity contribution in [2.75, 3.05) is 53.0 Å². The fraction of sp³-hybridized carbons (Fsp3) is 0.611. The number of fused-ring (bicyclic) bond motifs is 1. The van der Waals surface area contributed by atoms with Gasteiger partial charge in [0.2, 0.25) is 15.9 Å². The molecule has 0 aromatic heterocycles. The van der Waals surface area contributed by atoms with Crippen molar-refractivity contribution in [1.82, 2.24) is 14.1 Å². The summed E-state index contributed by atoms with van der Waals surface area (Å²) in [5, 5.41) is 0. The normalized spacial score (nSPS) is 22.6. The summed E-state index contributed by atoms with van der Waals surface area (Å²) >= 11 is 0. The summed E-state index contributed by atoms with van der Waals surface area (Å²) in [4.78, 5) is 16.6. The smallest absolute Gasteiger partial charge is 0.243 e. The summed E-state index contributed by atoms with van der Waals surface area (Å²) in [6.07, 6.45) is 0.634. The maximum atomic E-state index is 13.9. The van der Waals surface area contributed by atoms with Crippen LogP contribution in [-0.4, -0.2) is 87.5 Å². The third kappa shape index (κ3) is 4.16. The zero-order valence-corrected chi connectivity index (χ0v) is 16.5. The largest absolute Gasteiger partial charge is 0.383 e. The lowest BCUT2D eigenvalue weighted by atomic mass is 10.1. The third-order valence-corrected chi connectivity index (χ3v) is 7.13. The Hall–Kier alpha value is -1.55. The van der Waals surface area contributed by atoms with Gasteiger partial charge in [0.05, 0.1) is 11.5 Å². The average Bonchev–Trinajstić information content (AvgIpc) is 2.87. The molecule has 1 unspecified atom stereocenters. The number of sulfonamides is 1. The fourth-order valence-electron chi connectivity index (χ4n) is 3.60. The molecule has 2 heterocycles. The van der Waals surface area contributed by atoms with Gasteiger partial charge < -0.3 is 9.64 Å². The van der Waals surface area contributed by atoms with Crippen molar-refractivity contribution in [3.8, 4) is 0 Å². The zero-order valence-electron chi connectivity index (χ0n) is 15.7. The number of methoxy groups -OCH3 is 1. The number of aryl methyl sites for hydroxylation is 1. The van der Waals surface area contributed by atoms with Crippen LogP contribution in [0.2, 0.25) is 0 Å². The number of ether oxygens (including phenoxy) is 1. The highest BCUT2D eigenvalue weighted by Crippen LogP contribution is 2.24. The number of carbonyl (C=O) groups is 1.